The summed E-state index contributed by atoms with van der Waals surface area (Å²) >= 11 is 0. The summed E-state index contributed by atoms with van der Waals surface area (Å²) in [5.74, 6) is 0.832. The van der Waals surface area contributed by atoms with Crippen LogP contribution in [0.15, 0.2) is 55.4 Å². The summed E-state index contributed by atoms with van der Waals surface area (Å²) in [7, 11) is 0. The lowest BCUT2D eigenvalue weighted by Crippen LogP contribution is -2.55. The van der Waals surface area contributed by atoms with Gasteiger partial charge in [-0.25, -0.2) is 4.98 Å². The van der Waals surface area contributed by atoms with Crippen molar-refractivity contribution < 1.29 is 5.11 Å². The van der Waals surface area contributed by atoms with Gasteiger partial charge < -0.3 is 10.1 Å². The fourth-order valence-corrected chi connectivity index (χ4v) is 3.12. The van der Waals surface area contributed by atoms with Crippen LogP contribution in [0.5, 0.6) is 0 Å². The second-order valence-corrected chi connectivity index (χ2v) is 5.75. The molecule has 0 aromatic carbocycles. The van der Waals surface area contributed by atoms with Gasteiger partial charge in [0.05, 0.1) is 18.2 Å². The van der Waals surface area contributed by atoms with Crippen LogP contribution in [-0.4, -0.2) is 42.0 Å². The number of rotatable bonds is 5. The number of nitrogens with one attached hydrogen (secondary N) is 2. The number of nitrogens with zero attached hydrogens (tertiary/aromatic N) is 4. The zero-order valence-corrected chi connectivity index (χ0v) is 12.4. The second-order valence-electron chi connectivity index (χ2n) is 5.75. The van der Waals surface area contributed by atoms with Crippen LogP contribution in [0.4, 0.5) is 0 Å². The Labute approximate surface area is 133 Å². The molecule has 3 N–H and O–H groups in total. The predicted octanol–water partition coefficient (Wildman–Crippen LogP) is 1.05. The molecule has 0 saturated heterocycles. The molecule has 1 saturated carbocycles. The maximum Gasteiger partial charge on any atom is 0.127 e. The van der Waals surface area contributed by atoms with Gasteiger partial charge in [-0.05, 0) is 24.1 Å². The molecular weight excluding hydrogens is 292 g/mol. The molecule has 0 radical (unpaired) electrons. The van der Waals surface area contributed by atoms with E-state index in [1.807, 2.05) is 35.3 Å². The second kappa shape index (κ2) is 5.94. The third kappa shape index (κ3) is 2.64. The molecule has 1 aliphatic carbocycles. The van der Waals surface area contributed by atoms with E-state index >= 15 is 0 Å². The summed E-state index contributed by atoms with van der Waals surface area (Å²) in [4.78, 5) is 11.7. The first kappa shape index (κ1) is 14.1. The third-order valence-corrected chi connectivity index (χ3v) is 4.32. The van der Waals surface area contributed by atoms with E-state index in [4.69, 9.17) is 0 Å². The quantitative estimate of drug-likeness (QED) is 0.655. The van der Waals surface area contributed by atoms with Crippen molar-refractivity contribution in [2.45, 2.75) is 30.7 Å². The highest BCUT2D eigenvalue weighted by atomic mass is 16.3. The standard InChI is InChI=1S/C16H18N6O/c23-13-9-12(15(13)22-8-2-5-20-22)21-14(16-18-6-7-19-16)11-3-1-4-17-10-11/h1-8,10,12-15,21,23H,9H2,(H,18,19)/t12-,13+,14?,15+/m0/s1. The molecule has 3 aromatic heterocycles. The molecule has 7 heteroatoms. The number of aliphatic hydroxyl groups is 1. The Morgan fingerprint density at radius 1 is 1.30 bits per heavy atom. The lowest BCUT2D eigenvalue weighted by Gasteiger charge is -2.43. The fourth-order valence-electron chi connectivity index (χ4n) is 3.12. The van der Waals surface area contributed by atoms with E-state index in [1.165, 1.54) is 0 Å². The Balaban J connectivity index is 1.59. The van der Waals surface area contributed by atoms with Gasteiger partial charge in [0.2, 0.25) is 0 Å². The van der Waals surface area contributed by atoms with Crippen LogP contribution in [0.25, 0.3) is 0 Å². The van der Waals surface area contributed by atoms with E-state index < -0.39 is 6.10 Å². The molecule has 23 heavy (non-hydrogen) atoms. The number of hydrogen-bond acceptors (Lipinski definition) is 5. The van der Waals surface area contributed by atoms with Crippen LogP contribution in [-0.2, 0) is 0 Å². The molecule has 1 fully saturated rings. The monoisotopic (exact) mass is 310 g/mol. The van der Waals surface area contributed by atoms with Crippen molar-refractivity contribution in [2.75, 3.05) is 0 Å². The molecule has 118 valence electrons. The van der Waals surface area contributed by atoms with Crippen LogP contribution in [0.3, 0.4) is 0 Å². The number of aromatic amines is 1. The van der Waals surface area contributed by atoms with E-state index in [0.717, 1.165) is 11.4 Å². The topological polar surface area (TPSA) is 91.6 Å². The van der Waals surface area contributed by atoms with Crippen molar-refractivity contribution in [3.8, 4) is 0 Å². The van der Waals surface area contributed by atoms with Crippen LogP contribution in [0.2, 0.25) is 0 Å². The smallest absolute Gasteiger partial charge is 0.127 e. The summed E-state index contributed by atoms with van der Waals surface area (Å²) < 4.78 is 1.81. The molecule has 3 aromatic rings. The summed E-state index contributed by atoms with van der Waals surface area (Å²) in [6.45, 7) is 0. The van der Waals surface area contributed by atoms with Gasteiger partial charge >= 0.3 is 0 Å². The maximum atomic E-state index is 10.1. The Bertz CT molecular complexity index is 727. The minimum Gasteiger partial charge on any atom is -0.391 e. The zero-order chi connectivity index (χ0) is 15.6. The van der Waals surface area contributed by atoms with E-state index in [-0.39, 0.29) is 18.1 Å². The minimum absolute atomic E-state index is 0.0702. The van der Waals surface area contributed by atoms with Crippen LogP contribution in [0.1, 0.15) is 29.9 Å². The van der Waals surface area contributed by atoms with Gasteiger partial charge in [0.1, 0.15) is 5.82 Å². The molecule has 1 aliphatic rings. The molecule has 4 atom stereocenters. The van der Waals surface area contributed by atoms with Crippen molar-refractivity contribution in [2.24, 2.45) is 0 Å². The highest BCUT2D eigenvalue weighted by Gasteiger charge is 2.43. The number of aliphatic hydroxyl groups excluding tert-OH is 1. The summed E-state index contributed by atoms with van der Waals surface area (Å²) in [5, 5.41) is 18.0. The molecule has 3 heterocycles. The van der Waals surface area contributed by atoms with Gasteiger partial charge in [-0.15, -0.1) is 0 Å². The number of pyridine rings is 1. The molecule has 0 amide bonds. The number of aromatic nitrogens is 5. The lowest BCUT2D eigenvalue weighted by atomic mass is 9.82. The lowest BCUT2D eigenvalue weighted by molar-refractivity contribution is -0.0105. The molecule has 4 rings (SSSR count). The first-order chi connectivity index (χ1) is 11.3. The SMILES string of the molecule is O[C@@H]1C[C@H](NC(c2cccnc2)c2ncc[nH]2)[C@H]1n1cccn1. The zero-order valence-electron chi connectivity index (χ0n) is 12.4. The van der Waals surface area contributed by atoms with Gasteiger partial charge in [-0.3, -0.25) is 15.0 Å². The van der Waals surface area contributed by atoms with E-state index in [0.29, 0.717) is 6.42 Å². The Morgan fingerprint density at radius 2 is 2.26 bits per heavy atom. The Morgan fingerprint density at radius 3 is 2.91 bits per heavy atom. The van der Waals surface area contributed by atoms with Crippen molar-refractivity contribution in [3.63, 3.8) is 0 Å². The highest BCUT2D eigenvalue weighted by molar-refractivity contribution is 5.22. The van der Waals surface area contributed by atoms with E-state index in [1.54, 1.807) is 24.8 Å². The van der Waals surface area contributed by atoms with Gasteiger partial charge in [0.15, 0.2) is 0 Å². The average Bonchev–Trinajstić information content (AvgIpc) is 3.25. The predicted molar refractivity (Wildman–Crippen MR) is 83.5 cm³/mol. The molecule has 0 spiro atoms. The molecule has 0 aliphatic heterocycles. The first-order valence-corrected chi connectivity index (χ1v) is 7.65. The number of imidazole rings is 1. The first-order valence-electron chi connectivity index (χ1n) is 7.65. The highest BCUT2D eigenvalue weighted by Crippen LogP contribution is 2.34. The van der Waals surface area contributed by atoms with Crippen molar-refractivity contribution in [1.29, 1.82) is 0 Å². The van der Waals surface area contributed by atoms with E-state index in [9.17, 15) is 5.11 Å². The van der Waals surface area contributed by atoms with Crippen molar-refractivity contribution in [1.82, 2.24) is 30.0 Å². The van der Waals surface area contributed by atoms with Crippen molar-refractivity contribution in [3.05, 3.63) is 66.8 Å². The van der Waals surface area contributed by atoms with Crippen LogP contribution in [0, 0.1) is 0 Å². The fraction of sp³-hybridized carbons (Fsp3) is 0.312. The van der Waals surface area contributed by atoms with Gasteiger partial charge in [-0.2, -0.15) is 5.10 Å². The largest absolute Gasteiger partial charge is 0.391 e. The molecule has 0 bridgehead atoms. The minimum atomic E-state index is -0.390. The van der Waals surface area contributed by atoms with E-state index in [2.05, 4.69) is 25.4 Å². The molecule has 7 nitrogen and oxygen atoms in total. The summed E-state index contributed by atoms with van der Waals surface area (Å²) in [6.07, 6.45) is 11.0. The number of hydrogen-bond donors (Lipinski definition) is 3. The van der Waals surface area contributed by atoms with Gasteiger partial charge in [-0.1, -0.05) is 6.07 Å². The van der Waals surface area contributed by atoms with Crippen LogP contribution < -0.4 is 5.32 Å². The summed E-state index contributed by atoms with van der Waals surface area (Å²) in [6, 6.07) is 5.74. The maximum absolute atomic E-state index is 10.1. The number of H-pyrrole nitrogens is 1. The van der Waals surface area contributed by atoms with Crippen molar-refractivity contribution >= 4 is 0 Å². The Hall–Kier alpha value is -2.51. The van der Waals surface area contributed by atoms with Gasteiger partial charge in [0.25, 0.3) is 0 Å². The molecular formula is C16H18N6O. The van der Waals surface area contributed by atoms with Crippen LogP contribution >= 0.6 is 0 Å². The average molecular weight is 310 g/mol. The normalized spacial score (nSPS) is 25.0. The summed E-state index contributed by atoms with van der Waals surface area (Å²) in [5.41, 5.74) is 1.03. The molecule has 1 unspecified atom stereocenters. The van der Waals surface area contributed by atoms with Gasteiger partial charge in [0, 0.05) is 43.2 Å². The third-order valence-electron chi connectivity index (χ3n) is 4.32. The Kier molecular flexibility index (Phi) is 3.64.